The fraction of sp³-hybridized carbons (Fsp3) is 0.176. The van der Waals surface area contributed by atoms with Crippen LogP contribution in [0, 0.1) is 24.2 Å². The minimum Gasteiger partial charge on any atom is -0.477 e. The van der Waals surface area contributed by atoms with E-state index in [1.807, 2.05) is 4.90 Å². The van der Waals surface area contributed by atoms with Crippen LogP contribution in [0.4, 0.5) is 5.69 Å². The molecular weight excluding hydrogens is 282 g/mol. The lowest BCUT2D eigenvalue weighted by molar-refractivity contribution is 0.0692. The van der Waals surface area contributed by atoms with Crippen molar-refractivity contribution in [2.45, 2.75) is 6.92 Å². The monoisotopic (exact) mass is 295 g/mol. The van der Waals surface area contributed by atoms with Crippen molar-refractivity contribution >= 4 is 22.6 Å². The molecule has 0 aliphatic heterocycles. The normalized spacial score (nSPS) is 9.64. The number of hydrogen-bond donors (Lipinski definition) is 1. The molecule has 1 aromatic carbocycles. The van der Waals surface area contributed by atoms with E-state index in [1.165, 1.54) is 6.07 Å². The Hall–Kier alpha value is -3.18. The highest BCUT2D eigenvalue weighted by Gasteiger charge is 2.13. The van der Waals surface area contributed by atoms with Gasteiger partial charge in [0.05, 0.1) is 13.1 Å². The fourth-order valence-corrected chi connectivity index (χ4v) is 1.97. The number of hydrogen-bond acceptors (Lipinski definition) is 4. The van der Waals surface area contributed by atoms with Crippen LogP contribution in [0.25, 0.3) is 11.0 Å². The Morgan fingerprint density at radius 3 is 2.77 bits per heavy atom. The van der Waals surface area contributed by atoms with E-state index >= 15 is 0 Å². The maximum absolute atomic E-state index is 11.6. The van der Waals surface area contributed by atoms with Gasteiger partial charge in [0.2, 0.25) is 0 Å². The number of nitrogens with zero attached hydrogens (tertiary/aromatic N) is 1. The quantitative estimate of drug-likeness (QED) is 0.689. The van der Waals surface area contributed by atoms with Crippen LogP contribution >= 0.6 is 0 Å². The fourth-order valence-electron chi connectivity index (χ4n) is 1.97. The maximum Gasteiger partial charge on any atom is 0.351 e. The second kappa shape index (κ2) is 6.51. The molecule has 0 saturated carbocycles. The van der Waals surface area contributed by atoms with E-state index in [1.54, 1.807) is 25.1 Å². The van der Waals surface area contributed by atoms with E-state index in [2.05, 4.69) is 17.8 Å². The molecule has 2 rings (SSSR count). The SMILES string of the molecule is C#CCN(CC#CC)c1ccc2cc(C(=O)O)c(=O)oc2c1. The third kappa shape index (κ3) is 3.11. The lowest BCUT2D eigenvalue weighted by atomic mass is 10.1. The van der Waals surface area contributed by atoms with Crippen molar-refractivity contribution < 1.29 is 14.3 Å². The molecule has 22 heavy (non-hydrogen) atoms. The maximum atomic E-state index is 11.6. The molecule has 0 aliphatic carbocycles. The molecule has 0 atom stereocenters. The first kappa shape index (κ1) is 15.2. The van der Waals surface area contributed by atoms with Gasteiger partial charge in [-0.3, -0.25) is 0 Å². The van der Waals surface area contributed by atoms with Crippen molar-refractivity contribution in [3.63, 3.8) is 0 Å². The van der Waals surface area contributed by atoms with Gasteiger partial charge in [-0.1, -0.05) is 11.8 Å². The van der Waals surface area contributed by atoms with Gasteiger partial charge in [0.15, 0.2) is 0 Å². The highest BCUT2D eigenvalue weighted by atomic mass is 16.4. The Labute approximate surface area is 127 Å². The van der Waals surface area contributed by atoms with E-state index in [0.29, 0.717) is 24.1 Å². The van der Waals surface area contributed by atoms with E-state index in [4.69, 9.17) is 15.9 Å². The topological polar surface area (TPSA) is 70.8 Å². The Kier molecular flexibility index (Phi) is 4.50. The molecule has 0 aliphatic rings. The minimum atomic E-state index is -1.31. The first-order valence-electron chi connectivity index (χ1n) is 6.46. The van der Waals surface area contributed by atoms with Gasteiger partial charge in [-0.2, -0.15) is 0 Å². The molecule has 0 fully saturated rings. The van der Waals surface area contributed by atoms with Crippen LogP contribution in [0.1, 0.15) is 17.3 Å². The summed E-state index contributed by atoms with van der Waals surface area (Å²) < 4.78 is 5.08. The van der Waals surface area contributed by atoms with Gasteiger partial charge in [0.1, 0.15) is 11.1 Å². The molecule has 0 spiro atoms. The van der Waals surface area contributed by atoms with Gasteiger partial charge in [0, 0.05) is 17.1 Å². The number of aromatic carboxylic acids is 1. The number of anilines is 1. The van der Waals surface area contributed by atoms with Gasteiger partial charge in [-0.25, -0.2) is 9.59 Å². The summed E-state index contributed by atoms with van der Waals surface area (Å²) in [6.07, 6.45) is 5.35. The molecule has 0 unspecified atom stereocenters. The van der Waals surface area contributed by atoms with E-state index in [-0.39, 0.29) is 0 Å². The third-order valence-corrected chi connectivity index (χ3v) is 3.04. The van der Waals surface area contributed by atoms with Crippen molar-refractivity contribution in [3.05, 3.63) is 40.2 Å². The summed E-state index contributed by atoms with van der Waals surface area (Å²) in [4.78, 5) is 24.4. The van der Waals surface area contributed by atoms with Crippen molar-refractivity contribution in [2.75, 3.05) is 18.0 Å². The van der Waals surface area contributed by atoms with E-state index < -0.39 is 17.2 Å². The molecule has 1 N–H and O–H groups in total. The van der Waals surface area contributed by atoms with E-state index in [9.17, 15) is 9.59 Å². The molecule has 2 aromatic rings. The Balaban J connectivity index is 2.51. The summed E-state index contributed by atoms with van der Waals surface area (Å²) >= 11 is 0. The average Bonchev–Trinajstić information content (AvgIpc) is 2.50. The van der Waals surface area contributed by atoms with Gasteiger partial charge in [-0.05, 0) is 25.1 Å². The predicted octanol–water partition coefficient (Wildman–Crippen LogP) is 1.95. The Bertz CT molecular complexity index is 877. The van der Waals surface area contributed by atoms with Crippen molar-refractivity contribution in [1.29, 1.82) is 0 Å². The highest BCUT2D eigenvalue weighted by molar-refractivity contribution is 5.92. The second-order valence-corrected chi connectivity index (χ2v) is 4.46. The largest absolute Gasteiger partial charge is 0.477 e. The first-order valence-corrected chi connectivity index (χ1v) is 6.46. The number of carboxylic acid groups (broad SMARTS) is 1. The number of carbonyl (C=O) groups is 1. The Morgan fingerprint density at radius 1 is 1.36 bits per heavy atom. The molecule has 5 heteroatoms. The van der Waals surface area contributed by atoms with Crippen molar-refractivity contribution in [2.24, 2.45) is 0 Å². The van der Waals surface area contributed by atoms with Crippen LogP contribution in [0.15, 0.2) is 33.5 Å². The summed E-state index contributed by atoms with van der Waals surface area (Å²) in [6.45, 7) is 2.54. The number of benzene rings is 1. The average molecular weight is 295 g/mol. The van der Waals surface area contributed by atoms with Gasteiger partial charge < -0.3 is 14.4 Å². The molecule has 0 saturated heterocycles. The molecule has 0 amide bonds. The predicted molar refractivity (Wildman–Crippen MR) is 83.9 cm³/mol. The molecule has 5 nitrogen and oxygen atoms in total. The Morgan fingerprint density at radius 2 is 2.14 bits per heavy atom. The third-order valence-electron chi connectivity index (χ3n) is 3.04. The smallest absolute Gasteiger partial charge is 0.351 e. The molecular formula is C17H13NO4. The number of fused-ring (bicyclic) bond motifs is 1. The summed E-state index contributed by atoms with van der Waals surface area (Å²) in [5.41, 5.74) is -0.218. The van der Waals surface area contributed by atoms with Crippen LogP contribution in [0.2, 0.25) is 0 Å². The van der Waals surface area contributed by atoms with Crippen LogP contribution in [-0.2, 0) is 0 Å². The van der Waals surface area contributed by atoms with Crippen LogP contribution < -0.4 is 10.5 Å². The minimum absolute atomic E-state index is 0.305. The summed E-state index contributed by atoms with van der Waals surface area (Å²) in [5, 5.41) is 9.46. The van der Waals surface area contributed by atoms with Crippen LogP contribution in [0.5, 0.6) is 0 Å². The zero-order valence-electron chi connectivity index (χ0n) is 11.9. The number of rotatable bonds is 4. The standard InChI is InChI=1S/C17H13NO4/c1-3-5-9-18(8-4-2)13-7-6-12-10-14(16(19)20)17(21)22-15(12)11-13/h2,6-7,10-11H,8-9H2,1H3,(H,19,20). The molecule has 1 heterocycles. The highest BCUT2D eigenvalue weighted by Crippen LogP contribution is 2.21. The van der Waals surface area contributed by atoms with Crippen LogP contribution in [0.3, 0.4) is 0 Å². The zero-order chi connectivity index (χ0) is 16.1. The molecule has 1 aromatic heterocycles. The van der Waals surface area contributed by atoms with Gasteiger partial charge in [0.25, 0.3) is 0 Å². The number of carboxylic acids is 1. The van der Waals surface area contributed by atoms with Crippen LogP contribution in [-0.4, -0.2) is 24.2 Å². The second-order valence-electron chi connectivity index (χ2n) is 4.46. The molecule has 0 bridgehead atoms. The van der Waals surface area contributed by atoms with Gasteiger partial charge in [-0.15, -0.1) is 12.3 Å². The zero-order valence-corrected chi connectivity index (χ0v) is 11.9. The molecule has 110 valence electrons. The summed E-state index contributed by atoms with van der Waals surface area (Å²) in [6, 6.07) is 6.41. The van der Waals surface area contributed by atoms with Gasteiger partial charge >= 0.3 is 11.6 Å². The van der Waals surface area contributed by atoms with Crippen molar-refractivity contribution in [1.82, 2.24) is 0 Å². The summed E-state index contributed by atoms with van der Waals surface area (Å²) in [7, 11) is 0. The van der Waals surface area contributed by atoms with Crippen molar-refractivity contribution in [3.8, 4) is 24.2 Å². The lowest BCUT2D eigenvalue weighted by Gasteiger charge is -2.19. The lowest BCUT2D eigenvalue weighted by Crippen LogP contribution is -2.23. The first-order chi connectivity index (χ1) is 10.6. The van der Waals surface area contributed by atoms with E-state index in [0.717, 1.165) is 5.69 Å². The number of terminal acetylenes is 1. The molecule has 0 radical (unpaired) electrons. The summed E-state index contributed by atoms with van der Waals surface area (Å²) in [5.74, 6) is 6.95.